The summed E-state index contributed by atoms with van der Waals surface area (Å²) in [6.45, 7) is 6.07. The van der Waals surface area contributed by atoms with Gasteiger partial charge >= 0.3 is 0 Å². The average molecular weight is 256 g/mol. The molecule has 0 aliphatic carbocycles. The van der Waals surface area contributed by atoms with Crippen molar-refractivity contribution in [2.45, 2.75) is 25.7 Å². The molecule has 102 valence electrons. The lowest BCUT2D eigenvalue weighted by Gasteiger charge is -2.32. The molecule has 2 aliphatic rings. The van der Waals surface area contributed by atoms with Gasteiger partial charge in [-0.05, 0) is 37.3 Å². The van der Waals surface area contributed by atoms with Crippen LogP contribution in [0.25, 0.3) is 0 Å². The highest BCUT2D eigenvalue weighted by molar-refractivity contribution is 5.55. The van der Waals surface area contributed by atoms with Crippen LogP contribution in [0.3, 0.4) is 0 Å². The Morgan fingerprint density at radius 3 is 2.84 bits per heavy atom. The van der Waals surface area contributed by atoms with Gasteiger partial charge in [-0.1, -0.05) is 30.4 Å². The standard InChI is InChI=1S/C17H24N2/c1-4-11-18(12-5-1)13-7-15-19-14-6-9-16-8-2-3-10-17(16)19/h1-4,8,10H,5-7,9,11-15H2. The van der Waals surface area contributed by atoms with Crippen LogP contribution in [0.2, 0.25) is 0 Å². The fourth-order valence-electron chi connectivity index (χ4n) is 3.22. The molecule has 0 bridgehead atoms. The third-order valence-corrected chi connectivity index (χ3v) is 4.25. The zero-order valence-corrected chi connectivity index (χ0v) is 11.7. The molecular weight excluding hydrogens is 232 g/mol. The van der Waals surface area contributed by atoms with Gasteiger partial charge in [0, 0.05) is 38.4 Å². The molecule has 1 aromatic rings. The molecule has 19 heavy (non-hydrogen) atoms. The molecule has 0 radical (unpaired) electrons. The van der Waals surface area contributed by atoms with Crippen LogP contribution in [0.4, 0.5) is 5.69 Å². The molecule has 2 heteroatoms. The van der Waals surface area contributed by atoms with Crippen molar-refractivity contribution in [2.24, 2.45) is 0 Å². The van der Waals surface area contributed by atoms with Gasteiger partial charge in [0.1, 0.15) is 0 Å². The van der Waals surface area contributed by atoms with Gasteiger partial charge in [0.05, 0.1) is 0 Å². The number of fused-ring (bicyclic) bond motifs is 1. The molecule has 0 saturated heterocycles. The highest BCUT2D eigenvalue weighted by Crippen LogP contribution is 2.26. The molecule has 0 aromatic heterocycles. The topological polar surface area (TPSA) is 6.48 Å². The average Bonchev–Trinajstić information content (AvgIpc) is 2.49. The lowest BCUT2D eigenvalue weighted by molar-refractivity contribution is 0.295. The van der Waals surface area contributed by atoms with Gasteiger partial charge < -0.3 is 4.90 Å². The number of hydrogen-bond acceptors (Lipinski definition) is 2. The first-order valence-electron chi connectivity index (χ1n) is 7.64. The van der Waals surface area contributed by atoms with Gasteiger partial charge in [0.15, 0.2) is 0 Å². The first-order valence-corrected chi connectivity index (χ1v) is 7.64. The fourth-order valence-corrected chi connectivity index (χ4v) is 3.22. The molecule has 1 aromatic carbocycles. The molecular formula is C17H24N2. The molecule has 0 saturated carbocycles. The van der Waals surface area contributed by atoms with E-state index >= 15 is 0 Å². The van der Waals surface area contributed by atoms with Crippen LogP contribution in [0.5, 0.6) is 0 Å². The number of rotatable bonds is 4. The smallest absolute Gasteiger partial charge is 0.0398 e. The molecule has 0 N–H and O–H groups in total. The Bertz CT molecular complexity index is 439. The van der Waals surface area contributed by atoms with E-state index in [0.717, 1.165) is 6.54 Å². The molecule has 0 atom stereocenters. The quantitative estimate of drug-likeness (QED) is 0.764. The van der Waals surface area contributed by atoms with Crippen molar-refractivity contribution >= 4 is 5.69 Å². The van der Waals surface area contributed by atoms with E-state index in [2.05, 4.69) is 46.2 Å². The molecule has 2 heterocycles. The molecule has 0 fully saturated rings. The lowest BCUT2D eigenvalue weighted by Crippen LogP contribution is -2.34. The molecule has 0 spiro atoms. The van der Waals surface area contributed by atoms with Gasteiger partial charge in [-0.25, -0.2) is 0 Å². The maximum atomic E-state index is 2.58. The van der Waals surface area contributed by atoms with Crippen LogP contribution in [0.1, 0.15) is 24.8 Å². The van der Waals surface area contributed by atoms with E-state index in [1.807, 2.05) is 0 Å². The zero-order valence-electron chi connectivity index (χ0n) is 11.7. The zero-order chi connectivity index (χ0) is 12.9. The van der Waals surface area contributed by atoms with Gasteiger partial charge in [0.2, 0.25) is 0 Å². The van der Waals surface area contributed by atoms with Crippen molar-refractivity contribution in [2.75, 3.05) is 37.6 Å². The van der Waals surface area contributed by atoms with E-state index in [9.17, 15) is 0 Å². The summed E-state index contributed by atoms with van der Waals surface area (Å²) >= 11 is 0. The number of aryl methyl sites for hydroxylation is 1. The number of benzene rings is 1. The normalized spacial score (nSPS) is 19.5. The minimum absolute atomic E-state index is 1.15. The third kappa shape index (κ3) is 3.19. The summed E-state index contributed by atoms with van der Waals surface area (Å²) in [5.74, 6) is 0. The molecule has 2 aliphatic heterocycles. The highest BCUT2D eigenvalue weighted by Gasteiger charge is 2.15. The summed E-state index contributed by atoms with van der Waals surface area (Å²) in [6, 6.07) is 8.92. The molecule has 0 unspecified atom stereocenters. The minimum atomic E-state index is 1.15. The summed E-state index contributed by atoms with van der Waals surface area (Å²) in [5, 5.41) is 0. The fraction of sp³-hybridized carbons (Fsp3) is 0.529. The van der Waals surface area contributed by atoms with E-state index in [1.165, 1.54) is 63.1 Å². The summed E-state index contributed by atoms with van der Waals surface area (Å²) in [7, 11) is 0. The SMILES string of the molecule is C1=CCN(CCCN2CCCc3ccccc32)CC1. The minimum Gasteiger partial charge on any atom is -0.371 e. The first-order chi connectivity index (χ1) is 9.43. The van der Waals surface area contributed by atoms with Gasteiger partial charge in [0.25, 0.3) is 0 Å². The second-order valence-electron chi connectivity index (χ2n) is 5.63. The van der Waals surface area contributed by atoms with E-state index in [-0.39, 0.29) is 0 Å². The third-order valence-electron chi connectivity index (χ3n) is 4.25. The largest absolute Gasteiger partial charge is 0.371 e. The predicted octanol–water partition coefficient (Wildman–Crippen LogP) is 3.09. The van der Waals surface area contributed by atoms with Crippen molar-refractivity contribution in [3.05, 3.63) is 42.0 Å². The maximum absolute atomic E-state index is 2.58. The van der Waals surface area contributed by atoms with E-state index in [0.29, 0.717) is 0 Å². The Morgan fingerprint density at radius 1 is 1.00 bits per heavy atom. The second kappa shape index (κ2) is 6.25. The van der Waals surface area contributed by atoms with Crippen molar-refractivity contribution in [1.82, 2.24) is 4.90 Å². The second-order valence-corrected chi connectivity index (χ2v) is 5.63. The highest BCUT2D eigenvalue weighted by atomic mass is 15.2. The summed E-state index contributed by atoms with van der Waals surface area (Å²) in [5.41, 5.74) is 3.02. The van der Waals surface area contributed by atoms with E-state index in [1.54, 1.807) is 0 Å². The Hall–Kier alpha value is -1.28. The van der Waals surface area contributed by atoms with Crippen molar-refractivity contribution in [1.29, 1.82) is 0 Å². The van der Waals surface area contributed by atoms with E-state index < -0.39 is 0 Å². The van der Waals surface area contributed by atoms with Gasteiger partial charge in [-0.15, -0.1) is 0 Å². The summed E-state index contributed by atoms with van der Waals surface area (Å²) in [4.78, 5) is 5.15. The van der Waals surface area contributed by atoms with Crippen LogP contribution in [0.15, 0.2) is 36.4 Å². The number of para-hydroxylation sites is 1. The number of nitrogens with zero attached hydrogens (tertiary/aromatic N) is 2. The summed E-state index contributed by atoms with van der Waals surface area (Å²) < 4.78 is 0. The Kier molecular flexibility index (Phi) is 4.19. The van der Waals surface area contributed by atoms with Crippen LogP contribution in [-0.4, -0.2) is 37.6 Å². The predicted molar refractivity (Wildman–Crippen MR) is 81.8 cm³/mol. The van der Waals surface area contributed by atoms with Crippen LogP contribution in [0, 0.1) is 0 Å². The summed E-state index contributed by atoms with van der Waals surface area (Å²) in [6.07, 6.45) is 9.68. The molecule has 0 amide bonds. The van der Waals surface area contributed by atoms with Crippen molar-refractivity contribution in [3.63, 3.8) is 0 Å². The monoisotopic (exact) mass is 256 g/mol. The van der Waals surface area contributed by atoms with Crippen LogP contribution in [-0.2, 0) is 6.42 Å². The van der Waals surface area contributed by atoms with Gasteiger partial charge in [-0.2, -0.15) is 0 Å². The number of hydrogen-bond donors (Lipinski definition) is 0. The molecule has 3 rings (SSSR count). The van der Waals surface area contributed by atoms with E-state index in [4.69, 9.17) is 0 Å². The Balaban J connectivity index is 1.52. The van der Waals surface area contributed by atoms with Gasteiger partial charge in [-0.3, -0.25) is 4.90 Å². The number of anilines is 1. The maximum Gasteiger partial charge on any atom is 0.0398 e. The van der Waals surface area contributed by atoms with Crippen LogP contribution < -0.4 is 4.90 Å². The Labute approximate surface area is 116 Å². The molecule has 2 nitrogen and oxygen atoms in total. The van der Waals surface area contributed by atoms with Crippen molar-refractivity contribution < 1.29 is 0 Å². The lowest BCUT2D eigenvalue weighted by atomic mass is 10.0. The van der Waals surface area contributed by atoms with Crippen LogP contribution >= 0.6 is 0 Å². The first kappa shape index (κ1) is 12.7. The Morgan fingerprint density at radius 2 is 1.95 bits per heavy atom. The van der Waals surface area contributed by atoms with Crippen molar-refractivity contribution in [3.8, 4) is 0 Å².